The molecule has 1 aromatic carbocycles. The maximum absolute atomic E-state index is 13.4. The molecule has 0 radical (unpaired) electrons. The molecule has 3 nitrogen and oxygen atoms in total. The Hall–Kier alpha value is -0.950. The number of anilines is 1. The third kappa shape index (κ3) is 2.50. The summed E-state index contributed by atoms with van der Waals surface area (Å²) < 4.78 is 14.2. The lowest BCUT2D eigenvalue weighted by Crippen LogP contribution is -2.09. The van der Waals surface area contributed by atoms with Gasteiger partial charge in [-0.2, -0.15) is 0 Å². The van der Waals surface area contributed by atoms with Gasteiger partial charge in [0.25, 0.3) is 0 Å². The second-order valence-corrected chi connectivity index (χ2v) is 5.00. The Morgan fingerprint density at radius 3 is 2.82 bits per heavy atom. The lowest BCUT2D eigenvalue weighted by molar-refractivity contribution is 0.628. The van der Waals surface area contributed by atoms with Crippen LogP contribution in [-0.2, 0) is 6.42 Å². The van der Waals surface area contributed by atoms with Crippen LogP contribution < -0.4 is 11.3 Å². The van der Waals surface area contributed by atoms with E-state index in [1.807, 2.05) is 6.07 Å². The Balaban J connectivity index is 2.73. The van der Waals surface area contributed by atoms with E-state index in [0.717, 1.165) is 38.7 Å². The highest BCUT2D eigenvalue weighted by Crippen LogP contribution is 2.27. The normalized spacial score (nSPS) is 10.8. The summed E-state index contributed by atoms with van der Waals surface area (Å²) in [5.41, 5.74) is 5.10. The highest BCUT2D eigenvalue weighted by molar-refractivity contribution is 14.1. The van der Waals surface area contributed by atoms with Gasteiger partial charge in [-0.25, -0.2) is 4.39 Å². The predicted molar refractivity (Wildman–Crippen MR) is 76.2 cm³/mol. The zero-order chi connectivity index (χ0) is 12.4. The van der Waals surface area contributed by atoms with Crippen molar-refractivity contribution in [3.05, 3.63) is 33.3 Å². The lowest BCUT2D eigenvalue weighted by Gasteiger charge is -2.10. The van der Waals surface area contributed by atoms with Crippen molar-refractivity contribution in [2.24, 2.45) is 5.84 Å². The molecular formula is C12H13FIN3. The fourth-order valence-electron chi connectivity index (χ4n) is 1.81. The largest absolute Gasteiger partial charge is 0.323 e. The SMILES string of the molecule is CCCc1cc(NN)c2cc(F)cc(I)c2n1. The van der Waals surface area contributed by atoms with Crippen molar-refractivity contribution in [1.82, 2.24) is 4.98 Å². The number of hydrogen-bond donors (Lipinski definition) is 2. The number of benzene rings is 1. The van der Waals surface area contributed by atoms with Crippen molar-refractivity contribution >= 4 is 39.2 Å². The first-order chi connectivity index (χ1) is 8.15. The zero-order valence-corrected chi connectivity index (χ0v) is 11.6. The quantitative estimate of drug-likeness (QED) is 0.510. The third-order valence-corrected chi connectivity index (χ3v) is 3.37. The van der Waals surface area contributed by atoms with Gasteiger partial charge in [0.15, 0.2) is 0 Å². The molecule has 0 atom stereocenters. The predicted octanol–water partition coefficient (Wildman–Crippen LogP) is 3.22. The van der Waals surface area contributed by atoms with Gasteiger partial charge in [0.2, 0.25) is 0 Å². The van der Waals surface area contributed by atoms with Crippen molar-refractivity contribution < 1.29 is 4.39 Å². The molecule has 2 aromatic rings. The van der Waals surface area contributed by atoms with Crippen LogP contribution in [0.3, 0.4) is 0 Å². The number of fused-ring (bicyclic) bond motifs is 1. The molecule has 0 fully saturated rings. The van der Waals surface area contributed by atoms with Crippen LogP contribution in [0.15, 0.2) is 18.2 Å². The summed E-state index contributed by atoms with van der Waals surface area (Å²) in [6.07, 6.45) is 1.90. The Labute approximate surface area is 113 Å². The number of nitrogens with two attached hydrogens (primary N) is 1. The van der Waals surface area contributed by atoms with Gasteiger partial charge in [-0.3, -0.25) is 10.8 Å². The second-order valence-electron chi connectivity index (χ2n) is 3.84. The minimum absolute atomic E-state index is 0.275. The summed E-state index contributed by atoms with van der Waals surface area (Å²) in [6, 6.07) is 4.81. The third-order valence-electron chi connectivity index (χ3n) is 2.55. The summed E-state index contributed by atoms with van der Waals surface area (Å²) in [7, 11) is 0. The van der Waals surface area contributed by atoms with E-state index in [1.165, 1.54) is 12.1 Å². The van der Waals surface area contributed by atoms with Crippen LogP contribution >= 0.6 is 22.6 Å². The summed E-state index contributed by atoms with van der Waals surface area (Å²) in [5.74, 6) is 5.20. The average Bonchev–Trinajstić information content (AvgIpc) is 2.29. The summed E-state index contributed by atoms with van der Waals surface area (Å²) in [6.45, 7) is 2.09. The van der Waals surface area contributed by atoms with E-state index in [2.05, 4.69) is 39.9 Å². The molecule has 5 heteroatoms. The van der Waals surface area contributed by atoms with Crippen LogP contribution in [0, 0.1) is 9.39 Å². The Morgan fingerprint density at radius 2 is 2.18 bits per heavy atom. The van der Waals surface area contributed by atoms with Crippen LogP contribution in [0.2, 0.25) is 0 Å². The number of hydrazine groups is 1. The molecule has 0 amide bonds. The summed E-state index contributed by atoms with van der Waals surface area (Å²) in [5, 5.41) is 0.719. The summed E-state index contributed by atoms with van der Waals surface area (Å²) in [4.78, 5) is 4.54. The van der Waals surface area contributed by atoms with Crippen molar-refractivity contribution in [3.8, 4) is 0 Å². The molecule has 1 heterocycles. The van der Waals surface area contributed by atoms with E-state index in [-0.39, 0.29) is 5.82 Å². The lowest BCUT2D eigenvalue weighted by atomic mass is 10.1. The average molecular weight is 345 g/mol. The fraction of sp³-hybridized carbons (Fsp3) is 0.250. The van der Waals surface area contributed by atoms with Crippen LogP contribution in [0.25, 0.3) is 10.9 Å². The Kier molecular flexibility index (Phi) is 3.78. The number of nitrogens with one attached hydrogen (secondary N) is 1. The first-order valence-corrected chi connectivity index (χ1v) is 6.49. The Morgan fingerprint density at radius 1 is 1.41 bits per heavy atom. The van der Waals surface area contributed by atoms with Gasteiger partial charge in [-0.05, 0) is 47.2 Å². The van der Waals surface area contributed by atoms with E-state index in [1.54, 1.807) is 0 Å². The van der Waals surface area contributed by atoms with Gasteiger partial charge in [0, 0.05) is 14.7 Å². The van der Waals surface area contributed by atoms with E-state index < -0.39 is 0 Å². The molecule has 90 valence electrons. The van der Waals surface area contributed by atoms with Gasteiger partial charge in [-0.1, -0.05) is 13.3 Å². The zero-order valence-electron chi connectivity index (χ0n) is 9.43. The molecule has 0 unspecified atom stereocenters. The van der Waals surface area contributed by atoms with E-state index in [9.17, 15) is 4.39 Å². The maximum Gasteiger partial charge on any atom is 0.125 e. The molecule has 0 aliphatic carbocycles. The van der Waals surface area contributed by atoms with Gasteiger partial charge < -0.3 is 5.43 Å². The topological polar surface area (TPSA) is 50.9 Å². The number of halogens is 2. The van der Waals surface area contributed by atoms with Gasteiger partial charge in [-0.15, -0.1) is 0 Å². The highest BCUT2D eigenvalue weighted by atomic mass is 127. The van der Waals surface area contributed by atoms with Crippen molar-refractivity contribution in [3.63, 3.8) is 0 Å². The molecule has 0 saturated heterocycles. The van der Waals surface area contributed by atoms with Crippen molar-refractivity contribution in [2.75, 3.05) is 5.43 Å². The van der Waals surface area contributed by atoms with Crippen LogP contribution in [0.5, 0.6) is 0 Å². The number of aromatic nitrogens is 1. The van der Waals surface area contributed by atoms with Gasteiger partial charge in [0.05, 0.1) is 11.2 Å². The first-order valence-electron chi connectivity index (χ1n) is 5.41. The monoisotopic (exact) mass is 345 g/mol. The number of aryl methyl sites for hydroxylation is 1. The molecule has 0 spiro atoms. The van der Waals surface area contributed by atoms with Gasteiger partial charge in [0.1, 0.15) is 5.82 Å². The fourth-order valence-corrected chi connectivity index (χ4v) is 2.52. The molecular weight excluding hydrogens is 332 g/mol. The molecule has 0 bridgehead atoms. The van der Waals surface area contributed by atoms with Crippen LogP contribution in [-0.4, -0.2) is 4.98 Å². The number of rotatable bonds is 3. The van der Waals surface area contributed by atoms with Crippen LogP contribution in [0.1, 0.15) is 19.0 Å². The van der Waals surface area contributed by atoms with Crippen molar-refractivity contribution in [2.45, 2.75) is 19.8 Å². The van der Waals surface area contributed by atoms with E-state index in [0.29, 0.717) is 0 Å². The Bertz CT molecular complexity index is 557. The summed E-state index contributed by atoms with van der Waals surface area (Å²) >= 11 is 2.09. The molecule has 0 aliphatic heterocycles. The molecule has 17 heavy (non-hydrogen) atoms. The molecule has 2 rings (SSSR count). The number of hydrogen-bond acceptors (Lipinski definition) is 3. The van der Waals surface area contributed by atoms with Crippen molar-refractivity contribution in [1.29, 1.82) is 0 Å². The van der Waals surface area contributed by atoms with E-state index >= 15 is 0 Å². The second kappa shape index (κ2) is 5.14. The first kappa shape index (κ1) is 12.5. The minimum Gasteiger partial charge on any atom is -0.323 e. The van der Waals surface area contributed by atoms with Crippen LogP contribution in [0.4, 0.5) is 10.1 Å². The van der Waals surface area contributed by atoms with E-state index in [4.69, 9.17) is 5.84 Å². The molecule has 0 aliphatic rings. The standard InChI is InChI=1S/C12H13FIN3/c1-2-3-8-6-11(17-15)9-4-7(13)5-10(14)12(9)16-8/h4-6H,2-3,15H2,1H3,(H,16,17). The number of nitrogens with zero attached hydrogens (tertiary/aromatic N) is 1. The minimum atomic E-state index is -0.275. The number of pyridine rings is 1. The smallest absolute Gasteiger partial charge is 0.125 e. The highest BCUT2D eigenvalue weighted by Gasteiger charge is 2.09. The molecule has 3 N–H and O–H groups in total. The molecule has 1 aromatic heterocycles. The van der Waals surface area contributed by atoms with Gasteiger partial charge >= 0.3 is 0 Å². The molecule has 0 saturated carbocycles. The maximum atomic E-state index is 13.4. The number of nitrogen functional groups attached to an aromatic ring is 1.